The number of fused-ring (bicyclic) bond motifs is 4. The van der Waals surface area contributed by atoms with Crippen molar-refractivity contribution in [1.29, 1.82) is 0 Å². The van der Waals surface area contributed by atoms with E-state index in [2.05, 4.69) is 43.4 Å². The number of thiazole rings is 1. The van der Waals surface area contributed by atoms with Gasteiger partial charge in [0.2, 0.25) is 23.6 Å². The fraction of sp³-hybridized carbons (Fsp3) is 0.356. The molecular formula is C45H40Cl2FN7O6S. The van der Waals surface area contributed by atoms with Gasteiger partial charge in [-0.25, -0.2) is 9.37 Å². The lowest BCUT2D eigenvalue weighted by atomic mass is 9.55. The number of nitrogens with zero attached hydrogens (tertiary/aromatic N) is 2. The summed E-state index contributed by atoms with van der Waals surface area (Å²) in [6.07, 6.45) is 6.47. The number of halogens is 3. The SMILES string of the molecule is O=C1CCC(N2Cc3c(C#CCCCNC(=O)c4cnc(NC(=O)[C@@H]5NC6(CCCCC6)[C@@]6(C(=O)Nc7cc(Cl)ccc76)[C@H]5c5cccc(Cl)c5F)s4)cccc3C2=O)C(=O)N1. The number of imide groups is 1. The highest BCUT2D eigenvalue weighted by atomic mass is 35.5. The summed E-state index contributed by atoms with van der Waals surface area (Å²) in [6.45, 7) is 0.527. The molecule has 5 heterocycles. The number of aromatic nitrogens is 1. The number of rotatable bonds is 8. The molecule has 1 aliphatic carbocycles. The lowest BCUT2D eigenvalue weighted by molar-refractivity contribution is -0.137. The molecule has 9 rings (SSSR count). The second-order valence-electron chi connectivity index (χ2n) is 16.2. The standard InChI is InChI=1S/C45H40Cl2FN7O6S/c46-25-14-15-29-31(21-25)51-42(61)45(29)35(27-12-8-13-30(47)36(27)48)37(54-44(45)18-4-2-5-19-44)40(59)53-43-50-22-33(62-43)39(58)49-20-6-1-3-9-24-10-7-11-26-28(24)23-55(41(26)60)32-16-17-34(56)52-38(32)57/h7-8,10-15,21-22,32,35,37,54H,1-2,4-6,16-20,23H2,(H,49,58)(H,51,61)(H,50,53,59)(H,52,56,57)/t32?,35-,37+,45+/m0/s1. The molecule has 4 aliphatic heterocycles. The highest BCUT2D eigenvalue weighted by Gasteiger charge is 2.72. The first kappa shape index (κ1) is 41.7. The topological polar surface area (TPSA) is 179 Å². The van der Waals surface area contributed by atoms with Crippen molar-refractivity contribution in [2.24, 2.45) is 0 Å². The third-order valence-corrected chi connectivity index (χ3v) is 14.3. The largest absolute Gasteiger partial charge is 0.351 e. The number of hydrogen-bond donors (Lipinski definition) is 5. The molecule has 4 atom stereocenters. The predicted molar refractivity (Wildman–Crippen MR) is 230 cm³/mol. The molecule has 0 radical (unpaired) electrons. The number of hydrogen-bond acceptors (Lipinski definition) is 9. The van der Waals surface area contributed by atoms with Gasteiger partial charge in [0, 0.05) is 59.2 Å². The van der Waals surface area contributed by atoms with Crippen LogP contribution in [0, 0.1) is 17.7 Å². The average molecular weight is 897 g/mol. The van der Waals surface area contributed by atoms with Crippen molar-refractivity contribution in [2.45, 2.75) is 93.3 Å². The van der Waals surface area contributed by atoms with Gasteiger partial charge in [-0.15, -0.1) is 0 Å². The van der Waals surface area contributed by atoms with Crippen LogP contribution in [-0.4, -0.2) is 69.5 Å². The van der Waals surface area contributed by atoms with Crippen LogP contribution in [0.1, 0.15) is 106 Å². The smallest absolute Gasteiger partial charge is 0.263 e. The van der Waals surface area contributed by atoms with Crippen LogP contribution in [0.5, 0.6) is 0 Å². The Morgan fingerprint density at radius 1 is 1.02 bits per heavy atom. The van der Waals surface area contributed by atoms with E-state index in [9.17, 15) is 28.8 Å². The molecule has 5 aliphatic rings. The minimum Gasteiger partial charge on any atom is -0.351 e. The molecule has 6 amide bonds. The van der Waals surface area contributed by atoms with Crippen molar-refractivity contribution < 1.29 is 33.2 Å². The number of amides is 6. The Kier molecular flexibility index (Phi) is 11.1. The number of piperidine rings is 1. The first-order valence-corrected chi connectivity index (χ1v) is 22.1. The summed E-state index contributed by atoms with van der Waals surface area (Å²) in [6, 6.07) is 13.2. The normalized spacial score (nSPS) is 23.4. The van der Waals surface area contributed by atoms with Crippen LogP contribution in [0.3, 0.4) is 0 Å². The highest BCUT2D eigenvalue weighted by molar-refractivity contribution is 7.17. The lowest BCUT2D eigenvalue weighted by Crippen LogP contribution is -2.60. The van der Waals surface area contributed by atoms with Gasteiger partial charge < -0.3 is 20.9 Å². The average Bonchev–Trinajstić information content (AvgIpc) is 4.00. The third-order valence-electron chi connectivity index (χ3n) is 12.8. The van der Waals surface area contributed by atoms with Crippen molar-refractivity contribution in [1.82, 2.24) is 25.8 Å². The van der Waals surface area contributed by atoms with E-state index in [0.29, 0.717) is 59.6 Å². The second kappa shape index (κ2) is 16.6. The maximum atomic E-state index is 16.2. The van der Waals surface area contributed by atoms with Crippen LogP contribution in [-0.2, 0) is 31.1 Å². The second-order valence-corrected chi connectivity index (χ2v) is 18.1. The fourth-order valence-corrected chi connectivity index (χ4v) is 11.3. The van der Waals surface area contributed by atoms with Crippen LogP contribution in [0.2, 0.25) is 10.0 Å². The van der Waals surface area contributed by atoms with Gasteiger partial charge >= 0.3 is 0 Å². The first-order chi connectivity index (χ1) is 29.9. The number of nitrogens with one attached hydrogen (secondary N) is 5. The molecule has 17 heteroatoms. The molecule has 4 aromatic rings. The van der Waals surface area contributed by atoms with Gasteiger partial charge in [-0.2, -0.15) is 0 Å². The summed E-state index contributed by atoms with van der Waals surface area (Å²) >= 11 is 13.7. The van der Waals surface area contributed by atoms with Crippen molar-refractivity contribution in [3.63, 3.8) is 0 Å². The summed E-state index contributed by atoms with van der Waals surface area (Å²) in [4.78, 5) is 85.6. The Balaban J connectivity index is 0.871. The van der Waals surface area contributed by atoms with Crippen LogP contribution >= 0.6 is 34.5 Å². The molecule has 2 saturated heterocycles. The third kappa shape index (κ3) is 7.03. The van der Waals surface area contributed by atoms with Crippen molar-refractivity contribution in [2.75, 3.05) is 17.2 Å². The minimum absolute atomic E-state index is 0.129. The van der Waals surface area contributed by atoms with Gasteiger partial charge in [0.25, 0.3) is 11.8 Å². The van der Waals surface area contributed by atoms with E-state index in [1.807, 2.05) is 6.07 Å². The Morgan fingerprint density at radius 2 is 1.82 bits per heavy atom. The zero-order valence-electron chi connectivity index (χ0n) is 33.2. The van der Waals surface area contributed by atoms with E-state index in [0.717, 1.165) is 36.2 Å². The Labute approximate surface area is 369 Å². The fourth-order valence-electron chi connectivity index (χ4n) is 10.2. The predicted octanol–water partition coefficient (Wildman–Crippen LogP) is 6.20. The molecule has 3 fully saturated rings. The maximum absolute atomic E-state index is 16.2. The molecule has 13 nitrogen and oxygen atoms in total. The van der Waals surface area contributed by atoms with E-state index in [1.165, 1.54) is 17.2 Å². The molecule has 1 aromatic heterocycles. The number of carbonyl (C=O) groups is 6. The van der Waals surface area contributed by atoms with E-state index in [-0.39, 0.29) is 63.6 Å². The number of benzene rings is 3. The van der Waals surface area contributed by atoms with Crippen LogP contribution in [0.15, 0.2) is 60.8 Å². The maximum Gasteiger partial charge on any atom is 0.263 e. The van der Waals surface area contributed by atoms with Crippen LogP contribution < -0.4 is 26.6 Å². The Hall–Kier alpha value is -5.66. The van der Waals surface area contributed by atoms with Crippen LogP contribution in [0.25, 0.3) is 0 Å². The van der Waals surface area contributed by atoms with E-state index >= 15 is 4.39 Å². The van der Waals surface area contributed by atoms with E-state index in [4.69, 9.17) is 23.2 Å². The highest BCUT2D eigenvalue weighted by Crippen LogP contribution is 2.63. The lowest BCUT2D eigenvalue weighted by Gasteiger charge is -2.47. The van der Waals surface area contributed by atoms with Crippen molar-refractivity contribution >= 4 is 80.8 Å². The molecule has 0 bridgehead atoms. The van der Waals surface area contributed by atoms with Gasteiger partial charge in [-0.3, -0.25) is 39.4 Å². The molecular weight excluding hydrogens is 857 g/mol. The van der Waals surface area contributed by atoms with Crippen LogP contribution in [0.4, 0.5) is 15.2 Å². The summed E-state index contributed by atoms with van der Waals surface area (Å²) < 4.78 is 16.2. The summed E-state index contributed by atoms with van der Waals surface area (Å²) in [5, 5.41) is 15.1. The number of carbonyl (C=O) groups excluding carboxylic acids is 6. The minimum atomic E-state index is -1.39. The van der Waals surface area contributed by atoms with Crippen molar-refractivity contribution in [3.05, 3.63) is 109 Å². The van der Waals surface area contributed by atoms with Gasteiger partial charge in [0.1, 0.15) is 22.2 Å². The number of unbranched alkanes of at least 4 members (excludes halogenated alkanes) is 1. The monoisotopic (exact) mass is 895 g/mol. The molecule has 1 unspecified atom stereocenters. The quantitative estimate of drug-likeness (QED) is 0.0789. The molecule has 62 heavy (non-hydrogen) atoms. The Morgan fingerprint density at radius 3 is 2.63 bits per heavy atom. The van der Waals surface area contributed by atoms with Gasteiger partial charge in [0.05, 0.1) is 17.3 Å². The Bertz CT molecular complexity index is 2640. The van der Waals surface area contributed by atoms with Crippen molar-refractivity contribution in [3.8, 4) is 11.8 Å². The summed E-state index contributed by atoms with van der Waals surface area (Å²) in [7, 11) is 0. The summed E-state index contributed by atoms with van der Waals surface area (Å²) in [5.74, 6) is 2.15. The molecule has 2 spiro atoms. The molecule has 1 saturated carbocycles. The molecule has 318 valence electrons. The van der Waals surface area contributed by atoms with E-state index in [1.54, 1.807) is 42.5 Å². The van der Waals surface area contributed by atoms with Gasteiger partial charge in [-0.1, -0.05) is 89.9 Å². The van der Waals surface area contributed by atoms with E-state index < -0.39 is 46.6 Å². The molecule has 5 N–H and O–H groups in total. The molecule has 3 aromatic carbocycles. The first-order valence-electron chi connectivity index (χ1n) is 20.6. The van der Waals surface area contributed by atoms with Gasteiger partial charge in [0.15, 0.2) is 5.13 Å². The van der Waals surface area contributed by atoms with Gasteiger partial charge in [-0.05, 0) is 72.7 Å². The zero-order chi connectivity index (χ0) is 43.3. The zero-order valence-corrected chi connectivity index (χ0v) is 35.5. The summed E-state index contributed by atoms with van der Waals surface area (Å²) in [5.41, 5.74) is 0.884. The number of anilines is 2.